The van der Waals surface area contributed by atoms with Crippen LogP contribution < -0.4 is 5.32 Å². The SMILES string of the molecule is CCc1ccc(NC(=O)C(C)(C)CC(C)(C)CC(=O)OC)cc1. The summed E-state index contributed by atoms with van der Waals surface area (Å²) >= 11 is 0. The molecule has 128 valence electrons. The lowest BCUT2D eigenvalue weighted by Crippen LogP contribution is -2.36. The van der Waals surface area contributed by atoms with Gasteiger partial charge in [-0.05, 0) is 36.0 Å². The molecule has 0 unspecified atom stereocenters. The van der Waals surface area contributed by atoms with Crippen LogP contribution in [0.4, 0.5) is 5.69 Å². The number of nitrogens with one attached hydrogen (secondary N) is 1. The second kappa shape index (κ2) is 7.62. The Morgan fingerprint density at radius 1 is 1.09 bits per heavy atom. The quantitative estimate of drug-likeness (QED) is 0.767. The van der Waals surface area contributed by atoms with E-state index in [2.05, 4.69) is 12.2 Å². The molecule has 4 nitrogen and oxygen atoms in total. The van der Waals surface area contributed by atoms with Crippen molar-refractivity contribution in [2.75, 3.05) is 12.4 Å². The zero-order valence-electron chi connectivity index (χ0n) is 15.2. The van der Waals surface area contributed by atoms with Crippen LogP contribution in [0.3, 0.4) is 0 Å². The Morgan fingerprint density at radius 2 is 1.65 bits per heavy atom. The fraction of sp³-hybridized carbons (Fsp3) is 0.579. The highest BCUT2D eigenvalue weighted by molar-refractivity contribution is 5.94. The van der Waals surface area contributed by atoms with Gasteiger partial charge in [0.05, 0.1) is 13.5 Å². The third-order valence-corrected chi connectivity index (χ3v) is 4.01. The van der Waals surface area contributed by atoms with E-state index in [4.69, 9.17) is 4.74 Å². The molecule has 0 radical (unpaired) electrons. The molecular formula is C19H29NO3. The maximum absolute atomic E-state index is 12.6. The summed E-state index contributed by atoms with van der Waals surface area (Å²) in [6.45, 7) is 9.87. The molecule has 1 rings (SSSR count). The molecule has 0 aliphatic rings. The molecule has 1 amide bonds. The number of amides is 1. The highest BCUT2D eigenvalue weighted by Gasteiger charge is 2.36. The molecule has 0 aliphatic carbocycles. The first kappa shape index (κ1) is 19.2. The number of rotatable bonds is 7. The number of hydrogen-bond donors (Lipinski definition) is 1. The Hall–Kier alpha value is -1.84. The van der Waals surface area contributed by atoms with Crippen molar-refractivity contribution in [2.24, 2.45) is 10.8 Å². The molecule has 0 aliphatic heterocycles. The summed E-state index contributed by atoms with van der Waals surface area (Å²) in [6, 6.07) is 7.88. The Morgan fingerprint density at radius 3 is 2.13 bits per heavy atom. The van der Waals surface area contributed by atoms with E-state index >= 15 is 0 Å². The topological polar surface area (TPSA) is 55.4 Å². The van der Waals surface area contributed by atoms with Gasteiger partial charge in [-0.25, -0.2) is 0 Å². The molecular weight excluding hydrogens is 290 g/mol. The van der Waals surface area contributed by atoms with Gasteiger partial charge in [-0.3, -0.25) is 9.59 Å². The van der Waals surface area contributed by atoms with Crippen LogP contribution in [0.5, 0.6) is 0 Å². The first-order valence-electron chi connectivity index (χ1n) is 8.07. The van der Waals surface area contributed by atoms with E-state index in [9.17, 15) is 9.59 Å². The number of ether oxygens (including phenoxy) is 1. The van der Waals surface area contributed by atoms with Crippen molar-refractivity contribution in [3.8, 4) is 0 Å². The summed E-state index contributed by atoms with van der Waals surface area (Å²) in [4.78, 5) is 24.1. The zero-order chi connectivity index (χ0) is 17.7. The van der Waals surface area contributed by atoms with Crippen molar-refractivity contribution in [2.45, 2.75) is 53.9 Å². The van der Waals surface area contributed by atoms with Crippen LogP contribution in [0.1, 0.15) is 53.0 Å². The molecule has 0 saturated carbocycles. The molecule has 0 saturated heterocycles. The van der Waals surface area contributed by atoms with Crippen LogP contribution >= 0.6 is 0 Å². The van der Waals surface area contributed by atoms with Crippen LogP contribution in [0.15, 0.2) is 24.3 Å². The number of anilines is 1. The number of benzene rings is 1. The summed E-state index contributed by atoms with van der Waals surface area (Å²) in [5.41, 5.74) is 1.15. The lowest BCUT2D eigenvalue weighted by Gasteiger charge is -2.33. The van der Waals surface area contributed by atoms with E-state index in [-0.39, 0.29) is 17.3 Å². The smallest absolute Gasteiger partial charge is 0.306 e. The predicted molar refractivity (Wildman–Crippen MR) is 93.3 cm³/mol. The van der Waals surface area contributed by atoms with Gasteiger partial charge >= 0.3 is 5.97 Å². The Bertz CT molecular complexity index is 544. The number of methoxy groups -OCH3 is 1. The van der Waals surface area contributed by atoms with E-state index in [1.54, 1.807) is 0 Å². The van der Waals surface area contributed by atoms with Crippen molar-refractivity contribution in [3.05, 3.63) is 29.8 Å². The largest absolute Gasteiger partial charge is 0.469 e. The molecule has 0 bridgehead atoms. The normalized spacial score (nSPS) is 11.9. The minimum Gasteiger partial charge on any atom is -0.469 e. The van der Waals surface area contributed by atoms with Crippen molar-refractivity contribution in [3.63, 3.8) is 0 Å². The third-order valence-electron chi connectivity index (χ3n) is 4.01. The fourth-order valence-corrected chi connectivity index (χ4v) is 2.93. The average Bonchev–Trinajstić information content (AvgIpc) is 2.46. The number of esters is 1. The summed E-state index contributed by atoms with van der Waals surface area (Å²) < 4.78 is 4.74. The minimum atomic E-state index is -0.582. The second-order valence-corrected chi connectivity index (χ2v) is 7.48. The molecule has 4 heteroatoms. The van der Waals surface area contributed by atoms with Crippen LogP contribution in [-0.4, -0.2) is 19.0 Å². The second-order valence-electron chi connectivity index (χ2n) is 7.48. The molecule has 0 fully saturated rings. The van der Waals surface area contributed by atoms with Crippen molar-refractivity contribution < 1.29 is 14.3 Å². The van der Waals surface area contributed by atoms with Crippen molar-refractivity contribution in [1.29, 1.82) is 0 Å². The van der Waals surface area contributed by atoms with E-state index < -0.39 is 5.41 Å². The number of hydrogen-bond acceptors (Lipinski definition) is 3. The lowest BCUT2D eigenvalue weighted by molar-refractivity contribution is -0.144. The third kappa shape index (κ3) is 6.05. The van der Waals surface area contributed by atoms with Gasteiger partial charge in [-0.15, -0.1) is 0 Å². The zero-order valence-corrected chi connectivity index (χ0v) is 15.2. The summed E-state index contributed by atoms with van der Waals surface area (Å²) in [7, 11) is 1.39. The Balaban J connectivity index is 2.73. The number of aryl methyl sites for hydroxylation is 1. The molecule has 0 aromatic heterocycles. The molecule has 1 aromatic rings. The summed E-state index contributed by atoms with van der Waals surface area (Å²) in [5.74, 6) is -0.291. The number of carbonyl (C=O) groups is 2. The van der Waals surface area contributed by atoms with Crippen LogP contribution in [0.2, 0.25) is 0 Å². The van der Waals surface area contributed by atoms with Gasteiger partial charge in [0.25, 0.3) is 0 Å². The first-order valence-corrected chi connectivity index (χ1v) is 8.07. The molecule has 0 spiro atoms. The Kier molecular flexibility index (Phi) is 6.37. The predicted octanol–water partition coefficient (Wildman–Crippen LogP) is 4.19. The van der Waals surface area contributed by atoms with E-state index in [0.29, 0.717) is 12.8 Å². The maximum Gasteiger partial charge on any atom is 0.306 e. The van der Waals surface area contributed by atoms with E-state index in [1.807, 2.05) is 52.0 Å². The highest BCUT2D eigenvalue weighted by atomic mass is 16.5. The molecule has 1 aromatic carbocycles. The highest BCUT2D eigenvalue weighted by Crippen LogP contribution is 2.37. The fourth-order valence-electron chi connectivity index (χ4n) is 2.93. The van der Waals surface area contributed by atoms with Crippen molar-refractivity contribution in [1.82, 2.24) is 0 Å². The average molecular weight is 319 g/mol. The van der Waals surface area contributed by atoms with Gasteiger partial charge in [0.15, 0.2) is 0 Å². The summed E-state index contributed by atoms with van der Waals surface area (Å²) in [6.07, 6.45) is 1.86. The number of carbonyl (C=O) groups excluding carboxylic acids is 2. The molecule has 23 heavy (non-hydrogen) atoms. The van der Waals surface area contributed by atoms with Crippen LogP contribution in [-0.2, 0) is 20.7 Å². The molecule has 1 N–H and O–H groups in total. The summed E-state index contributed by atoms with van der Waals surface area (Å²) in [5, 5.41) is 2.97. The van der Waals surface area contributed by atoms with Gasteiger partial charge in [0, 0.05) is 11.1 Å². The van der Waals surface area contributed by atoms with Gasteiger partial charge in [0.2, 0.25) is 5.91 Å². The van der Waals surface area contributed by atoms with Crippen LogP contribution in [0.25, 0.3) is 0 Å². The van der Waals surface area contributed by atoms with Gasteiger partial charge < -0.3 is 10.1 Å². The van der Waals surface area contributed by atoms with Gasteiger partial charge in [0.1, 0.15) is 0 Å². The molecule has 0 heterocycles. The van der Waals surface area contributed by atoms with Gasteiger partial charge in [-0.2, -0.15) is 0 Å². The Labute approximate surface area is 139 Å². The lowest BCUT2D eigenvalue weighted by atomic mass is 9.73. The van der Waals surface area contributed by atoms with E-state index in [1.165, 1.54) is 12.7 Å². The van der Waals surface area contributed by atoms with E-state index in [0.717, 1.165) is 12.1 Å². The standard InChI is InChI=1S/C19H29NO3/c1-7-14-8-10-15(11-9-14)20-17(22)19(4,5)13-18(2,3)12-16(21)23-6/h8-11H,7,12-13H2,1-6H3,(H,20,22). The van der Waals surface area contributed by atoms with Crippen LogP contribution in [0, 0.1) is 10.8 Å². The minimum absolute atomic E-state index is 0.0420. The molecule has 0 atom stereocenters. The van der Waals surface area contributed by atoms with Gasteiger partial charge in [-0.1, -0.05) is 46.8 Å². The monoisotopic (exact) mass is 319 g/mol. The first-order chi connectivity index (χ1) is 10.6. The maximum atomic E-state index is 12.6. The van der Waals surface area contributed by atoms with Crippen molar-refractivity contribution >= 4 is 17.6 Å².